The lowest BCUT2D eigenvalue weighted by Crippen LogP contribution is -2.07. The number of hydrogen-bond acceptors (Lipinski definition) is 3. The Balaban J connectivity index is 2.17. The van der Waals surface area contributed by atoms with Gasteiger partial charge >= 0.3 is 0 Å². The summed E-state index contributed by atoms with van der Waals surface area (Å²) in [6.45, 7) is 1.96. The van der Waals surface area contributed by atoms with Gasteiger partial charge in [0.15, 0.2) is 0 Å². The van der Waals surface area contributed by atoms with Gasteiger partial charge in [-0.15, -0.1) is 0 Å². The third-order valence-corrected chi connectivity index (χ3v) is 2.69. The van der Waals surface area contributed by atoms with Crippen LogP contribution in [0.15, 0.2) is 42.5 Å². The standard InChI is InChI=1S/C13H13ClN2O/c1-9(10-5-2-3-6-11(10)17)15-13-8-4-7-12(14)16-13/h2-9,17H,1H3,(H,15,16). The smallest absolute Gasteiger partial charge is 0.131 e. The van der Waals surface area contributed by atoms with Crippen LogP contribution in [0.3, 0.4) is 0 Å². The van der Waals surface area contributed by atoms with E-state index < -0.39 is 0 Å². The summed E-state index contributed by atoms with van der Waals surface area (Å²) in [5.74, 6) is 0.961. The van der Waals surface area contributed by atoms with Crippen molar-refractivity contribution in [3.05, 3.63) is 53.2 Å². The molecule has 3 nitrogen and oxygen atoms in total. The first-order valence-electron chi connectivity index (χ1n) is 5.34. The number of nitrogens with zero attached hydrogens (tertiary/aromatic N) is 1. The van der Waals surface area contributed by atoms with Crippen molar-refractivity contribution in [1.82, 2.24) is 4.98 Å². The molecule has 17 heavy (non-hydrogen) atoms. The van der Waals surface area contributed by atoms with Crippen molar-refractivity contribution in [3.63, 3.8) is 0 Å². The zero-order valence-corrected chi connectivity index (χ0v) is 10.1. The van der Waals surface area contributed by atoms with Crippen LogP contribution >= 0.6 is 11.6 Å². The summed E-state index contributed by atoms with van der Waals surface area (Å²) in [7, 11) is 0. The van der Waals surface area contributed by atoms with E-state index in [2.05, 4.69) is 10.3 Å². The monoisotopic (exact) mass is 248 g/mol. The number of halogens is 1. The summed E-state index contributed by atoms with van der Waals surface area (Å²) in [5, 5.41) is 13.4. The highest BCUT2D eigenvalue weighted by molar-refractivity contribution is 6.29. The Hall–Kier alpha value is -1.74. The molecule has 4 heteroatoms. The molecule has 0 spiro atoms. The largest absolute Gasteiger partial charge is 0.508 e. The van der Waals surface area contributed by atoms with E-state index in [1.165, 1.54) is 0 Å². The van der Waals surface area contributed by atoms with Crippen LogP contribution in [0.4, 0.5) is 5.82 Å². The van der Waals surface area contributed by atoms with E-state index in [9.17, 15) is 5.11 Å². The minimum Gasteiger partial charge on any atom is -0.508 e. The number of benzene rings is 1. The summed E-state index contributed by atoms with van der Waals surface area (Å²) >= 11 is 5.81. The van der Waals surface area contributed by atoms with Crippen molar-refractivity contribution in [2.45, 2.75) is 13.0 Å². The molecule has 0 aliphatic carbocycles. The number of rotatable bonds is 3. The number of hydrogen-bond donors (Lipinski definition) is 2. The number of nitrogens with one attached hydrogen (secondary N) is 1. The van der Waals surface area contributed by atoms with Gasteiger partial charge in [-0.2, -0.15) is 0 Å². The van der Waals surface area contributed by atoms with Crippen molar-refractivity contribution >= 4 is 17.4 Å². The van der Waals surface area contributed by atoms with E-state index >= 15 is 0 Å². The fourth-order valence-corrected chi connectivity index (χ4v) is 1.81. The summed E-state index contributed by atoms with van der Waals surface area (Å²) in [6.07, 6.45) is 0. The summed E-state index contributed by atoms with van der Waals surface area (Å²) in [4.78, 5) is 4.14. The Morgan fingerprint density at radius 1 is 1.18 bits per heavy atom. The average Bonchev–Trinajstić information content (AvgIpc) is 2.29. The second-order valence-corrected chi connectivity index (χ2v) is 4.16. The van der Waals surface area contributed by atoms with E-state index in [4.69, 9.17) is 11.6 Å². The van der Waals surface area contributed by atoms with Crippen molar-refractivity contribution in [1.29, 1.82) is 0 Å². The lowest BCUT2D eigenvalue weighted by atomic mass is 10.1. The predicted molar refractivity (Wildman–Crippen MR) is 69.4 cm³/mol. The number of anilines is 1. The SMILES string of the molecule is CC(Nc1cccc(Cl)n1)c1ccccc1O. The molecule has 0 amide bonds. The van der Waals surface area contributed by atoms with E-state index in [1.807, 2.05) is 31.2 Å². The lowest BCUT2D eigenvalue weighted by Gasteiger charge is -2.16. The minimum absolute atomic E-state index is 0.0397. The normalized spacial score (nSPS) is 12.1. The molecular formula is C13H13ClN2O. The molecule has 0 radical (unpaired) electrons. The average molecular weight is 249 g/mol. The van der Waals surface area contributed by atoms with Gasteiger partial charge < -0.3 is 10.4 Å². The number of phenolic OH excluding ortho intramolecular Hbond substituents is 1. The maximum atomic E-state index is 9.73. The highest BCUT2D eigenvalue weighted by Gasteiger charge is 2.09. The second kappa shape index (κ2) is 5.06. The van der Waals surface area contributed by atoms with Crippen LogP contribution < -0.4 is 5.32 Å². The molecule has 0 bridgehead atoms. The van der Waals surface area contributed by atoms with Gasteiger partial charge in [0.05, 0.1) is 6.04 Å². The molecule has 88 valence electrons. The summed E-state index contributed by atoms with van der Waals surface area (Å²) in [6, 6.07) is 12.6. The van der Waals surface area contributed by atoms with Gasteiger partial charge in [-0.1, -0.05) is 35.9 Å². The molecule has 0 saturated carbocycles. The number of para-hydroxylation sites is 1. The molecule has 2 aromatic rings. The summed E-state index contributed by atoms with van der Waals surface area (Å²) < 4.78 is 0. The Morgan fingerprint density at radius 2 is 1.94 bits per heavy atom. The highest BCUT2D eigenvalue weighted by Crippen LogP contribution is 2.26. The number of aromatic hydroxyl groups is 1. The molecule has 2 N–H and O–H groups in total. The predicted octanol–water partition coefficient (Wildman–Crippen LogP) is 3.61. The van der Waals surface area contributed by atoms with E-state index in [0.717, 1.165) is 5.56 Å². The van der Waals surface area contributed by atoms with Gasteiger partial charge in [-0.3, -0.25) is 0 Å². The summed E-state index contributed by atoms with van der Waals surface area (Å²) in [5.41, 5.74) is 0.828. The van der Waals surface area contributed by atoms with Gasteiger partial charge in [-0.05, 0) is 25.1 Å². The number of phenols is 1. The quantitative estimate of drug-likeness (QED) is 0.816. The molecule has 0 saturated heterocycles. The lowest BCUT2D eigenvalue weighted by molar-refractivity contribution is 0.465. The number of pyridine rings is 1. The van der Waals surface area contributed by atoms with Gasteiger partial charge in [0.1, 0.15) is 16.7 Å². The molecule has 1 heterocycles. The Morgan fingerprint density at radius 3 is 2.65 bits per heavy atom. The maximum Gasteiger partial charge on any atom is 0.131 e. The minimum atomic E-state index is -0.0397. The maximum absolute atomic E-state index is 9.73. The molecule has 0 aliphatic rings. The van der Waals surface area contributed by atoms with Crippen LogP contribution in [0.1, 0.15) is 18.5 Å². The molecule has 1 atom stereocenters. The number of aromatic nitrogens is 1. The third-order valence-electron chi connectivity index (χ3n) is 2.48. The molecule has 0 fully saturated rings. The van der Waals surface area contributed by atoms with Gasteiger partial charge in [0.25, 0.3) is 0 Å². The van der Waals surface area contributed by atoms with Crippen LogP contribution in [-0.2, 0) is 0 Å². The molecule has 1 aromatic heterocycles. The first-order chi connectivity index (χ1) is 8.16. The van der Waals surface area contributed by atoms with Crippen molar-refractivity contribution < 1.29 is 5.11 Å². The molecule has 0 aliphatic heterocycles. The second-order valence-electron chi connectivity index (χ2n) is 3.77. The van der Waals surface area contributed by atoms with Crippen LogP contribution in [0.5, 0.6) is 5.75 Å². The van der Waals surface area contributed by atoms with E-state index in [1.54, 1.807) is 18.2 Å². The molecular weight excluding hydrogens is 236 g/mol. The van der Waals surface area contributed by atoms with E-state index in [-0.39, 0.29) is 11.8 Å². The Kier molecular flexibility index (Phi) is 3.49. The fraction of sp³-hybridized carbons (Fsp3) is 0.154. The van der Waals surface area contributed by atoms with E-state index in [0.29, 0.717) is 11.0 Å². The van der Waals surface area contributed by atoms with Crippen molar-refractivity contribution in [2.24, 2.45) is 0 Å². The fourth-order valence-electron chi connectivity index (χ4n) is 1.64. The van der Waals surface area contributed by atoms with Crippen LogP contribution in [0.25, 0.3) is 0 Å². The van der Waals surface area contributed by atoms with Gasteiger partial charge in [-0.25, -0.2) is 4.98 Å². The molecule has 1 aromatic carbocycles. The molecule has 1 unspecified atom stereocenters. The topological polar surface area (TPSA) is 45.2 Å². The Bertz CT molecular complexity index is 516. The third kappa shape index (κ3) is 2.88. The van der Waals surface area contributed by atoms with Crippen LogP contribution in [-0.4, -0.2) is 10.1 Å². The highest BCUT2D eigenvalue weighted by atomic mass is 35.5. The van der Waals surface area contributed by atoms with Crippen LogP contribution in [0.2, 0.25) is 5.15 Å². The Labute approximate surface area is 105 Å². The molecule has 2 rings (SSSR count). The first kappa shape index (κ1) is 11.7. The first-order valence-corrected chi connectivity index (χ1v) is 5.71. The zero-order valence-electron chi connectivity index (χ0n) is 9.39. The van der Waals surface area contributed by atoms with Crippen molar-refractivity contribution in [3.8, 4) is 5.75 Å². The van der Waals surface area contributed by atoms with Gasteiger partial charge in [0, 0.05) is 5.56 Å². The van der Waals surface area contributed by atoms with Crippen LogP contribution in [0, 0.1) is 0 Å². The zero-order chi connectivity index (χ0) is 12.3. The van der Waals surface area contributed by atoms with Crippen molar-refractivity contribution in [2.75, 3.05) is 5.32 Å². The van der Waals surface area contributed by atoms with Gasteiger partial charge in [0.2, 0.25) is 0 Å².